The normalized spacial score (nSPS) is 10.7. The van der Waals surface area contributed by atoms with E-state index in [1.165, 1.54) is 6.92 Å². The summed E-state index contributed by atoms with van der Waals surface area (Å²) in [5.74, 6) is 0.738. The monoisotopic (exact) mass is 561 g/mol. The molecule has 1 heterocycles. The average molecular weight is 562 g/mol. The van der Waals surface area contributed by atoms with Crippen molar-refractivity contribution < 1.29 is 23.8 Å². The van der Waals surface area contributed by atoms with Crippen molar-refractivity contribution in [2.45, 2.75) is 20.8 Å². The Hall–Kier alpha value is -5.37. The third kappa shape index (κ3) is 5.88. The van der Waals surface area contributed by atoms with Gasteiger partial charge in [0.1, 0.15) is 17.2 Å². The average Bonchev–Trinajstić information content (AvgIpc) is 3.35. The summed E-state index contributed by atoms with van der Waals surface area (Å²) in [6, 6.07) is 27.9. The largest absolute Gasteiger partial charge is 0.497 e. The van der Waals surface area contributed by atoms with Gasteiger partial charge in [0.2, 0.25) is 5.88 Å². The maximum atomic E-state index is 12.8. The number of methoxy groups -OCH3 is 2. The van der Waals surface area contributed by atoms with Gasteiger partial charge in [-0.2, -0.15) is 9.78 Å². The number of nitrogens with zero attached hydrogens (tertiary/aromatic N) is 2. The summed E-state index contributed by atoms with van der Waals surface area (Å²) in [4.78, 5) is 25.2. The van der Waals surface area contributed by atoms with Crippen LogP contribution in [0.15, 0.2) is 91.0 Å². The second-order valence-electron chi connectivity index (χ2n) is 9.84. The van der Waals surface area contributed by atoms with Crippen molar-refractivity contribution in [3.63, 3.8) is 0 Å². The van der Waals surface area contributed by atoms with Crippen molar-refractivity contribution in [3.05, 3.63) is 108 Å². The van der Waals surface area contributed by atoms with E-state index in [1.54, 1.807) is 49.2 Å². The molecule has 0 bridgehead atoms. The van der Waals surface area contributed by atoms with Crippen molar-refractivity contribution in [2.75, 3.05) is 19.5 Å². The third-order valence-electron chi connectivity index (χ3n) is 6.74. The van der Waals surface area contributed by atoms with Gasteiger partial charge in [0.15, 0.2) is 0 Å². The van der Waals surface area contributed by atoms with Crippen LogP contribution in [0.4, 0.5) is 5.69 Å². The molecule has 42 heavy (non-hydrogen) atoms. The lowest BCUT2D eigenvalue weighted by Gasteiger charge is -2.12. The summed E-state index contributed by atoms with van der Waals surface area (Å²) < 4.78 is 18.6. The first-order valence-electron chi connectivity index (χ1n) is 13.4. The van der Waals surface area contributed by atoms with Gasteiger partial charge in [0, 0.05) is 29.8 Å². The minimum absolute atomic E-state index is 0.209. The summed E-state index contributed by atoms with van der Waals surface area (Å²) in [6.07, 6.45) is 0. The fourth-order valence-electron chi connectivity index (χ4n) is 4.64. The van der Waals surface area contributed by atoms with Gasteiger partial charge >= 0.3 is 5.97 Å². The first-order chi connectivity index (χ1) is 20.3. The molecule has 1 N–H and O–H groups in total. The fourth-order valence-corrected chi connectivity index (χ4v) is 4.64. The molecule has 0 saturated heterocycles. The van der Waals surface area contributed by atoms with Gasteiger partial charge < -0.3 is 19.5 Å². The molecule has 5 rings (SSSR count). The Labute approximate surface area is 244 Å². The van der Waals surface area contributed by atoms with E-state index < -0.39 is 5.97 Å². The van der Waals surface area contributed by atoms with Crippen LogP contribution in [-0.4, -0.2) is 35.9 Å². The Kier molecular flexibility index (Phi) is 8.06. The number of benzene rings is 4. The van der Waals surface area contributed by atoms with Crippen molar-refractivity contribution >= 4 is 17.6 Å². The number of aryl methyl sites for hydroxylation is 2. The van der Waals surface area contributed by atoms with Crippen molar-refractivity contribution in [1.82, 2.24) is 9.78 Å². The molecule has 0 atom stereocenters. The van der Waals surface area contributed by atoms with Crippen LogP contribution in [0.5, 0.6) is 17.4 Å². The highest BCUT2D eigenvalue weighted by Gasteiger charge is 2.26. The number of rotatable bonds is 8. The van der Waals surface area contributed by atoms with E-state index in [9.17, 15) is 9.59 Å². The molecule has 5 aromatic rings. The Morgan fingerprint density at radius 3 is 2.19 bits per heavy atom. The summed E-state index contributed by atoms with van der Waals surface area (Å²) >= 11 is 0. The second kappa shape index (κ2) is 12.0. The lowest BCUT2D eigenvalue weighted by Crippen LogP contribution is -2.11. The Balaban J connectivity index is 1.65. The van der Waals surface area contributed by atoms with E-state index in [0.29, 0.717) is 39.6 Å². The fraction of sp³-hybridized carbons (Fsp3) is 0.147. The number of hydrogen-bond donors (Lipinski definition) is 1. The SMILES string of the molecule is COc1ccc(-c2nn(-c3cccc(C)c3)c(OC(C)=O)c2-c2ccc(NC(=O)c3ccc(C)cc3)cc2)c(OC)c1. The van der Waals surface area contributed by atoms with E-state index in [2.05, 4.69) is 5.32 Å². The van der Waals surface area contributed by atoms with Crippen LogP contribution in [0.2, 0.25) is 0 Å². The summed E-state index contributed by atoms with van der Waals surface area (Å²) in [6.45, 7) is 5.31. The predicted octanol–water partition coefficient (Wildman–Crippen LogP) is 7.02. The van der Waals surface area contributed by atoms with E-state index >= 15 is 0 Å². The predicted molar refractivity (Wildman–Crippen MR) is 163 cm³/mol. The molecule has 212 valence electrons. The minimum Gasteiger partial charge on any atom is -0.497 e. The topological polar surface area (TPSA) is 91.7 Å². The van der Waals surface area contributed by atoms with Crippen molar-refractivity contribution in [3.8, 4) is 45.5 Å². The highest BCUT2D eigenvalue weighted by molar-refractivity contribution is 6.04. The lowest BCUT2D eigenvalue weighted by molar-refractivity contribution is -0.132. The van der Waals surface area contributed by atoms with Crippen molar-refractivity contribution in [1.29, 1.82) is 0 Å². The molecule has 8 heteroatoms. The first-order valence-corrected chi connectivity index (χ1v) is 13.4. The quantitative estimate of drug-likeness (QED) is 0.205. The Morgan fingerprint density at radius 1 is 0.810 bits per heavy atom. The van der Waals surface area contributed by atoms with Gasteiger partial charge in [0.05, 0.1) is 25.5 Å². The standard InChI is InChI=1S/C34H31N3O5/c1-21-9-11-25(12-10-21)33(39)35-26-15-13-24(14-16-26)31-32(29-18-17-28(40-4)20-30(29)41-5)36-37(34(31)42-23(3)38)27-8-6-7-22(2)19-27/h6-20H,1-5H3,(H,35,39). The molecule has 0 aliphatic carbocycles. The van der Waals surface area contributed by atoms with Crippen LogP contribution in [0.25, 0.3) is 28.1 Å². The first kappa shape index (κ1) is 28.2. The Bertz CT molecular complexity index is 1760. The highest BCUT2D eigenvalue weighted by atomic mass is 16.5. The van der Waals surface area contributed by atoms with Gasteiger partial charge in [-0.05, 0) is 73.5 Å². The van der Waals surface area contributed by atoms with Crippen LogP contribution in [0.1, 0.15) is 28.4 Å². The molecule has 0 unspecified atom stereocenters. The number of ether oxygens (including phenoxy) is 3. The molecule has 0 spiro atoms. The molecule has 8 nitrogen and oxygen atoms in total. The zero-order valence-corrected chi connectivity index (χ0v) is 24.1. The van der Waals surface area contributed by atoms with E-state index in [0.717, 1.165) is 22.4 Å². The number of esters is 1. The van der Waals surface area contributed by atoms with Crippen molar-refractivity contribution in [2.24, 2.45) is 0 Å². The maximum Gasteiger partial charge on any atom is 0.309 e. The number of carbonyl (C=O) groups excluding carboxylic acids is 2. The number of carbonyl (C=O) groups is 2. The molecule has 1 amide bonds. The molecule has 4 aromatic carbocycles. The lowest BCUT2D eigenvalue weighted by atomic mass is 10.00. The number of amides is 1. The van der Waals surface area contributed by atoms with Crippen LogP contribution < -0.4 is 19.5 Å². The molecule has 0 saturated carbocycles. The zero-order valence-electron chi connectivity index (χ0n) is 24.1. The zero-order chi connectivity index (χ0) is 29.8. The maximum absolute atomic E-state index is 12.8. The van der Waals surface area contributed by atoms with E-state index in [4.69, 9.17) is 19.3 Å². The number of aromatic nitrogens is 2. The van der Waals surface area contributed by atoms with E-state index in [-0.39, 0.29) is 11.8 Å². The summed E-state index contributed by atoms with van der Waals surface area (Å²) in [7, 11) is 3.16. The van der Waals surface area contributed by atoms with Gasteiger partial charge in [-0.1, -0.05) is 42.0 Å². The summed E-state index contributed by atoms with van der Waals surface area (Å²) in [5.41, 5.74) is 6.56. The van der Waals surface area contributed by atoms with Gasteiger partial charge in [-0.3, -0.25) is 9.59 Å². The Morgan fingerprint density at radius 2 is 1.55 bits per heavy atom. The smallest absolute Gasteiger partial charge is 0.309 e. The highest BCUT2D eigenvalue weighted by Crippen LogP contribution is 2.44. The molecular weight excluding hydrogens is 530 g/mol. The van der Waals surface area contributed by atoms with Crippen LogP contribution in [0, 0.1) is 13.8 Å². The van der Waals surface area contributed by atoms with Gasteiger partial charge in [-0.25, -0.2) is 0 Å². The molecule has 0 fully saturated rings. The molecule has 0 aliphatic rings. The molecule has 0 radical (unpaired) electrons. The van der Waals surface area contributed by atoms with Crippen LogP contribution >= 0.6 is 0 Å². The summed E-state index contributed by atoms with van der Waals surface area (Å²) in [5, 5.41) is 7.89. The van der Waals surface area contributed by atoms with E-state index in [1.807, 2.05) is 74.5 Å². The number of nitrogens with one attached hydrogen (secondary N) is 1. The molecular formula is C34H31N3O5. The van der Waals surface area contributed by atoms with Gasteiger partial charge in [-0.15, -0.1) is 0 Å². The molecule has 0 aliphatic heterocycles. The van der Waals surface area contributed by atoms with Crippen LogP contribution in [0.3, 0.4) is 0 Å². The van der Waals surface area contributed by atoms with Gasteiger partial charge in [0.25, 0.3) is 5.91 Å². The number of anilines is 1. The number of hydrogen-bond acceptors (Lipinski definition) is 6. The third-order valence-corrected chi connectivity index (χ3v) is 6.74. The van der Waals surface area contributed by atoms with Crippen LogP contribution in [-0.2, 0) is 4.79 Å². The molecule has 1 aromatic heterocycles. The second-order valence-corrected chi connectivity index (χ2v) is 9.84. The minimum atomic E-state index is -0.486.